The van der Waals surface area contributed by atoms with E-state index in [1.807, 2.05) is 6.92 Å². The van der Waals surface area contributed by atoms with Gasteiger partial charge in [-0.15, -0.1) is 0 Å². The molecular weight excluding hydrogens is 286 g/mol. The first-order chi connectivity index (χ1) is 11.1. The lowest BCUT2D eigenvalue weighted by Gasteiger charge is -2.24. The van der Waals surface area contributed by atoms with E-state index in [-0.39, 0.29) is 5.91 Å². The molecule has 1 aromatic carbocycles. The molecule has 1 amide bonds. The third-order valence-electron chi connectivity index (χ3n) is 4.76. The molecule has 0 aliphatic carbocycles. The molecule has 1 aliphatic rings. The molecule has 124 valence electrons. The van der Waals surface area contributed by atoms with Crippen LogP contribution in [0, 0.1) is 6.92 Å². The fourth-order valence-electron chi connectivity index (χ4n) is 3.64. The van der Waals surface area contributed by atoms with Gasteiger partial charge in [-0.05, 0) is 45.0 Å². The average Bonchev–Trinajstić information content (AvgIpc) is 2.81. The smallest absolute Gasteiger partial charge is 0.220 e. The van der Waals surface area contributed by atoms with E-state index in [1.54, 1.807) is 0 Å². The number of aromatic nitrogens is 1. The van der Waals surface area contributed by atoms with Gasteiger partial charge in [-0.25, -0.2) is 0 Å². The summed E-state index contributed by atoms with van der Waals surface area (Å²) in [5.41, 5.74) is 5.59. The monoisotopic (exact) mass is 313 g/mol. The Balaban J connectivity index is 1.89. The lowest BCUT2D eigenvalue weighted by Crippen LogP contribution is -2.27. The minimum atomic E-state index is 0.161. The normalized spacial score (nSPS) is 14.9. The number of aryl methyl sites for hydroxylation is 2. The van der Waals surface area contributed by atoms with Crippen molar-refractivity contribution < 1.29 is 4.79 Å². The Morgan fingerprint density at radius 3 is 2.96 bits per heavy atom. The van der Waals surface area contributed by atoms with Crippen LogP contribution in [0.2, 0.25) is 0 Å². The second kappa shape index (κ2) is 6.75. The van der Waals surface area contributed by atoms with Gasteiger partial charge in [-0.1, -0.05) is 11.6 Å². The number of nitrogens with one attached hydrogen (secondary N) is 1. The van der Waals surface area contributed by atoms with Crippen molar-refractivity contribution in [2.45, 2.75) is 46.2 Å². The molecule has 0 saturated heterocycles. The number of benzene rings is 1. The van der Waals surface area contributed by atoms with E-state index in [1.165, 1.54) is 27.7 Å². The van der Waals surface area contributed by atoms with Gasteiger partial charge in [0.2, 0.25) is 5.91 Å². The van der Waals surface area contributed by atoms with E-state index in [0.717, 1.165) is 32.5 Å². The second-order valence-corrected chi connectivity index (χ2v) is 6.64. The number of amides is 1. The molecule has 0 fully saturated rings. The van der Waals surface area contributed by atoms with Gasteiger partial charge in [-0.3, -0.25) is 4.79 Å². The Hall–Kier alpha value is -1.81. The van der Waals surface area contributed by atoms with Gasteiger partial charge >= 0.3 is 0 Å². The molecule has 0 radical (unpaired) electrons. The number of hydrogen-bond acceptors (Lipinski definition) is 2. The number of carbonyl (C=O) groups excluding carboxylic acids is 1. The summed E-state index contributed by atoms with van der Waals surface area (Å²) >= 11 is 0. The summed E-state index contributed by atoms with van der Waals surface area (Å²) in [6.07, 6.45) is 2.60. The zero-order valence-electron chi connectivity index (χ0n) is 14.5. The quantitative estimate of drug-likeness (QED) is 0.921. The van der Waals surface area contributed by atoms with Crippen LogP contribution < -0.4 is 5.32 Å². The molecule has 1 aliphatic heterocycles. The summed E-state index contributed by atoms with van der Waals surface area (Å²) in [5, 5.41) is 4.28. The number of carbonyl (C=O) groups is 1. The maximum atomic E-state index is 11.7. The number of nitrogens with zero attached hydrogens (tertiary/aromatic N) is 2. The van der Waals surface area contributed by atoms with E-state index < -0.39 is 0 Å². The van der Waals surface area contributed by atoms with Crippen molar-refractivity contribution in [2.75, 3.05) is 20.1 Å². The van der Waals surface area contributed by atoms with Crippen molar-refractivity contribution in [3.8, 4) is 0 Å². The third kappa shape index (κ3) is 3.27. The Labute approximate surface area is 138 Å². The van der Waals surface area contributed by atoms with E-state index in [4.69, 9.17) is 0 Å². The first-order valence-electron chi connectivity index (χ1n) is 8.66. The van der Waals surface area contributed by atoms with Gasteiger partial charge in [0.1, 0.15) is 0 Å². The minimum absolute atomic E-state index is 0.161. The van der Waals surface area contributed by atoms with E-state index in [9.17, 15) is 4.79 Å². The average molecular weight is 313 g/mol. The van der Waals surface area contributed by atoms with E-state index in [2.05, 4.69) is 47.0 Å². The SMILES string of the molecule is CCNC(=O)CCCn1c2c(c3cc(C)ccc31)CN(C)CC2. The molecule has 4 nitrogen and oxygen atoms in total. The Morgan fingerprint density at radius 1 is 1.35 bits per heavy atom. The molecule has 0 atom stereocenters. The summed E-state index contributed by atoms with van der Waals surface area (Å²) in [5.74, 6) is 0.161. The molecule has 3 rings (SSSR count). The first-order valence-corrected chi connectivity index (χ1v) is 8.66. The van der Waals surface area contributed by atoms with Crippen molar-refractivity contribution in [1.29, 1.82) is 0 Å². The zero-order valence-corrected chi connectivity index (χ0v) is 14.5. The number of hydrogen-bond donors (Lipinski definition) is 1. The van der Waals surface area contributed by atoms with Crippen molar-refractivity contribution in [3.63, 3.8) is 0 Å². The maximum Gasteiger partial charge on any atom is 0.220 e. The lowest BCUT2D eigenvalue weighted by atomic mass is 10.0. The van der Waals surface area contributed by atoms with E-state index >= 15 is 0 Å². The highest BCUT2D eigenvalue weighted by atomic mass is 16.1. The molecule has 23 heavy (non-hydrogen) atoms. The summed E-state index contributed by atoms with van der Waals surface area (Å²) < 4.78 is 2.45. The minimum Gasteiger partial charge on any atom is -0.356 e. The van der Waals surface area contributed by atoms with Crippen LogP contribution in [0.5, 0.6) is 0 Å². The van der Waals surface area contributed by atoms with Crippen molar-refractivity contribution >= 4 is 16.8 Å². The van der Waals surface area contributed by atoms with Crippen LogP contribution in [0.3, 0.4) is 0 Å². The van der Waals surface area contributed by atoms with Gasteiger partial charge in [0.05, 0.1) is 0 Å². The fourth-order valence-corrected chi connectivity index (χ4v) is 3.64. The van der Waals surface area contributed by atoms with Crippen LogP contribution in [0.4, 0.5) is 0 Å². The van der Waals surface area contributed by atoms with Crippen LogP contribution in [0.1, 0.15) is 36.6 Å². The number of likely N-dealkylation sites (N-methyl/N-ethyl adjacent to an activating group) is 1. The summed E-state index contributed by atoms with van der Waals surface area (Å²) in [6, 6.07) is 6.75. The molecule has 1 N–H and O–H groups in total. The third-order valence-corrected chi connectivity index (χ3v) is 4.76. The van der Waals surface area contributed by atoms with Crippen LogP contribution >= 0.6 is 0 Å². The number of fused-ring (bicyclic) bond motifs is 3. The fraction of sp³-hybridized carbons (Fsp3) is 0.526. The van der Waals surface area contributed by atoms with Gasteiger partial charge in [0, 0.05) is 55.6 Å². The summed E-state index contributed by atoms with van der Waals surface area (Å²) in [7, 11) is 2.19. The standard InChI is InChI=1S/C19H27N3O/c1-4-20-19(23)6-5-10-22-17-8-7-14(2)12-15(17)16-13-21(3)11-9-18(16)22/h7-8,12H,4-6,9-11,13H2,1-3H3,(H,20,23). The molecule has 0 bridgehead atoms. The highest BCUT2D eigenvalue weighted by molar-refractivity contribution is 5.86. The van der Waals surface area contributed by atoms with Crippen LogP contribution in [-0.2, 0) is 24.3 Å². The maximum absolute atomic E-state index is 11.7. The predicted molar refractivity (Wildman–Crippen MR) is 94.6 cm³/mol. The van der Waals surface area contributed by atoms with Crippen LogP contribution in [0.15, 0.2) is 18.2 Å². The van der Waals surface area contributed by atoms with Gasteiger partial charge in [0.25, 0.3) is 0 Å². The van der Waals surface area contributed by atoms with Gasteiger partial charge in [0.15, 0.2) is 0 Å². The Bertz CT molecular complexity index is 717. The molecule has 4 heteroatoms. The lowest BCUT2D eigenvalue weighted by molar-refractivity contribution is -0.121. The van der Waals surface area contributed by atoms with Crippen LogP contribution in [-0.4, -0.2) is 35.5 Å². The zero-order chi connectivity index (χ0) is 16.4. The molecular formula is C19H27N3O. The first kappa shape index (κ1) is 16.1. The molecule has 0 spiro atoms. The van der Waals surface area contributed by atoms with Gasteiger partial charge < -0.3 is 14.8 Å². The largest absolute Gasteiger partial charge is 0.356 e. The molecule has 2 heterocycles. The highest BCUT2D eigenvalue weighted by Gasteiger charge is 2.22. The highest BCUT2D eigenvalue weighted by Crippen LogP contribution is 2.31. The molecule has 0 saturated carbocycles. The Morgan fingerprint density at radius 2 is 2.17 bits per heavy atom. The van der Waals surface area contributed by atoms with Crippen molar-refractivity contribution in [2.24, 2.45) is 0 Å². The van der Waals surface area contributed by atoms with E-state index in [0.29, 0.717) is 13.0 Å². The molecule has 0 unspecified atom stereocenters. The topological polar surface area (TPSA) is 37.3 Å². The summed E-state index contributed by atoms with van der Waals surface area (Å²) in [6.45, 7) is 7.90. The Kier molecular flexibility index (Phi) is 4.71. The van der Waals surface area contributed by atoms with Crippen molar-refractivity contribution in [1.82, 2.24) is 14.8 Å². The summed E-state index contributed by atoms with van der Waals surface area (Å²) in [4.78, 5) is 14.1. The molecule has 1 aromatic heterocycles. The van der Waals surface area contributed by atoms with Crippen LogP contribution in [0.25, 0.3) is 10.9 Å². The van der Waals surface area contributed by atoms with Gasteiger partial charge in [-0.2, -0.15) is 0 Å². The van der Waals surface area contributed by atoms with Crippen molar-refractivity contribution in [3.05, 3.63) is 35.0 Å². The predicted octanol–water partition coefficient (Wildman–Crippen LogP) is 2.85. The molecule has 2 aromatic rings. The number of rotatable bonds is 5. The second-order valence-electron chi connectivity index (χ2n) is 6.64.